The van der Waals surface area contributed by atoms with Gasteiger partial charge in [-0.05, 0) is 109 Å². The van der Waals surface area contributed by atoms with Crippen LogP contribution in [0.4, 0.5) is 0 Å². The average molecular weight is 593 g/mol. The summed E-state index contributed by atoms with van der Waals surface area (Å²) in [5.74, 6) is 1.25. The number of phenolic OH excluding ortho intramolecular Hbond substituents is 2. The minimum absolute atomic E-state index is 0.0515. The van der Waals surface area contributed by atoms with E-state index in [9.17, 15) is 24.6 Å². The van der Waals surface area contributed by atoms with Crippen LogP contribution in [0, 0.1) is 0 Å². The molecule has 1 aliphatic carbocycles. The minimum atomic E-state index is -0.222. The number of aromatic hydroxyl groups is 2. The number of rotatable bonds is 7. The molecule has 0 spiro atoms. The molecular formula is C37H36O7. The quantitative estimate of drug-likeness (QED) is 0.200. The van der Waals surface area contributed by atoms with E-state index in [1.54, 1.807) is 36.4 Å². The highest BCUT2D eigenvalue weighted by Crippen LogP contribution is 2.39. The number of fused-ring (bicyclic) bond motifs is 8. The fourth-order valence-corrected chi connectivity index (χ4v) is 5.87. The molecule has 0 radical (unpaired) electrons. The summed E-state index contributed by atoms with van der Waals surface area (Å²) in [6.45, 7) is 7.64. The van der Waals surface area contributed by atoms with E-state index in [4.69, 9.17) is 9.47 Å². The van der Waals surface area contributed by atoms with E-state index in [0.29, 0.717) is 61.6 Å². The summed E-state index contributed by atoms with van der Waals surface area (Å²) in [4.78, 5) is 36.2. The molecule has 0 amide bonds. The maximum absolute atomic E-state index is 12.1. The van der Waals surface area contributed by atoms with Gasteiger partial charge in [-0.15, -0.1) is 0 Å². The zero-order chi connectivity index (χ0) is 31.5. The van der Waals surface area contributed by atoms with Gasteiger partial charge in [0.2, 0.25) is 0 Å². The largest absolute Gasteiger partial charge is 0.507 e. The molecule has 0 heterocycles. The third-order valence-corrected chi connectivity index (χ3v) is 7.66. The highest BCUT2D eigenvalue weighted by molar-refractivity contribution is 5.79. The Hall–Kier alpha value is -4.91. The molecule has 0 aromatic heterocycles. The Bertz CT molecular complexity index is 1640. The molecule has 0 atom stereocenters. The van der Waals surface area contributed by atoms with Crippen LogP contribution < -0.4 is 9.47 Å². The lowest BCUT2D eigenvalue weighted by Crippen LogP contribution is -2.12. The van der Waals surface area contributed by atoms with Gasteiger partial charge < -0.3 is 19.7 Å². The van der Waals surface area contributed by atoms with Crippen LogP contribution in [0.1, 0.15) is 103 Å². The fourth-order valence-electron chi connectivity index (χ4n) is 5.87. The summed E-state index contributed by atoms with van der Waals surface area (Å²) < 4.78 is 12.6. The van der Waals surface area contributed by atoms with Crippen LogP contribution in [0.15, 0.2) is 54.6 Å². The van der Waals surface area contributed by atoms with E-state index < -0.39 is 0 Å². The molecule has 5 rings (SSSR count). The molecule has 0 saturated heterocycles. The van der Waals surface area contributed by atoms with Gasteiger partial charge in [-0.3, -0.25) is 14.4 Å². The summed E-state index contributed by atoms with van der Waals surface area (Å²) in [5, 5.41) is 23.2. The highest BCUT2D eigenvalue weighted by Gasteiger charge is 2.23. The van der Waals surface area contributed by atoms with Crippen LogP contribution in [0.3, 0.4) is 0 Å². The summed E-state index contributed by atoms with van der Waals surface area (Å²) in [7, 11) is 0. The van der Waals surface area contributed by atoms with Gasteiger partial charge in [0.15, 0.2) is 0 Å². The monoisotopic (exact) mass is 592 g/mol. The van der Waals surface area contributed by atoms with Gasteiger partial charge in [0.05, 0.1) is 12.2 Å². The van der Waals surface area contributed by atoms with Gasteiger partial charge in [0.25, 0.3) is 0 Å². The highest BCUT2D eigenvalue weighted by atomic mass is 16.5. The minimum Gasteiger partial charge on any atom is -0.507 e. The standard InChI is InChI=1S/C37H36O7/c1-21(2)43-36-26-6-5-7-27(36)15-29-9-24(19-39)11-31(35(29)42)17-33-13-25(20-40)12-32(37(33)44-22(3)4)16-30-10-23(18-38)8-28(14-26)34(30)41/h5-13,18-22,41-42H,14-17H2,1-4H3. The number of para-hydroxylation sites is 1. The number of benzene rings is 4. The molecule has 7 nitrogen and oxygen atoms in total. The number of ether oxygens (including phenoxy) is 2. The molecule has 4 aromatic rings. The summed E-state index contributed by atoms with van der Waals surface area (Å²) in [5.41, 5.74) is 6.23. The Labute approximate surface area is 257 Å². The van der Waals surface area contributed by atoms with E-state index in [2.05, 4.69) is 0 Å². The fraction of sp³-hybridized carbons (Fsp3) is 0.270. The number of hydrogen-bond donors (Lipinski definition) is 2. The van der Waals surface area contributed by atoms with Crippen molar-refractivity contribution >= 4 is 18.9 Å². The van der Waals surface area contributed by atoms with Gasteiger partial charge in [-0.2, -0.15) is 0 Å². The molecule has 0 saturated carbocycles. The van der Waals surface area contributed by atoms with Crippen LogP contribution in [-0.2, 0) is 25.7 Å². The maximum atomic E-state index is 12.1. The van der Waals surface area contributed by atoms with Crippen molar-refractivity contribution in [2.75, 3.05) is 0 Å². The predicted octanol–water partition coefficient (Wildman–Crippen LogP) is 6.79. The van der Waals surface area contributed by atoms with Gasteiger partial charge in [0, 0.05) is 42.4 Å². The normalized spacial score (nSPS) is 12.6. The Morgan fingerprint density at radius 3 is 1.14 bits per heavy atom. The smallest absolute Gasteiger partial charge is 0.150 e. The second kappa shape index (κ2) is 12.8. The van der Waals surface area contributed by atoms with Crippen molar-refractivity contribution in [3.05, 3.63) is 116 Å². The van der Waals surface area contributed by atoms with E-state index in [-0.39, 0.29) is 49.4 Å². The Morgan fingerprint density at radius 1 is 0.523 bits per heavy atom. The zero-order valence-electron chi connectivity index (χ0n) is 25.3. The van der Waals surface area contributed by atoms with Crippen LogP contribution in [0.25, 0.3) is 0 Å². The number of hydrogen-bond acceptors (Lipinski definition) is 7. The van der Waals surface area contributed by atoms with Crippen molar-refractivity contribution in [2.24, 2.45) is 0 Å². The maximum Gasteiger partial charge on any atom is 0.150 e. The average Bonchev–Trinajstić information content (AvgIpc) is 2.98. The lowest BCUT2D eigenvalue weighted by Gasteiger charge is -2.22. The molecule has 8 bridgehead atoms. The topological polar surface area (TPSA) is 110 Å². The summed E-state index contributed by atoms with van der Waals surface area (Å²) in [6, 6.07) is 15.8. The molecule has 226 valence electrons. The first-order valence-electron chi connectivity index (χ1n) is 14.7. The summed E-state index contributed by atoms with van der Waals surface area (Å²) >= 11 is 0. The summed E-state index contributed by atoms with van der Waals surface area (Å²) in [6.07, 6.45) is 2.78. The molecular weight excluding hydrogens is 556 g/mol. The Kier molecular flexibility index (Phi) is 8.86. The second-order valence-electron chi connectivity index (χ2n) is 11.8. The lowest BCUT2D eigenvalue weighted by molar-refractivity contribution is 0.111. The zero-order valence-corrected chi connectivity index (χ0v) is 25.3. The van der Waals surface area contributed by atoms with Crippen LogP contribution >= 0.6 is 0 Å². The molecule has 2 N–H and O–H groups in total. The van der Waals surface area contributed by atoms with Gasteiger partial charge in [-0.25, -0.2) is 0 Å². The molecule has 4 aromatic carbocycles. The SMILES string of the molecule is CC(C)Oc1c2cccc1Cc1cc(C=O)cc(c1O)Cc1cc(C=O)cc(c1OC(C)C)Cc1cc(C=O)cc(c1O)C2. The van der Waals surface area contributed by atoms with Crippen LogP contribution in [0.5, 0.6) is 23.0 Å². The van der Waals surface area contributed by atoms with Crippen molar-refractivity contribution < 1.29 is 34.1 Å². The van der Waals surface area contributed by atoms with Crippen molar-refractivity contribution in [2.45, 2.75) is 65.6 Å². The molecule has 0 fully saturated rings. The lowest BCUT2D eigenvalue weighted by atomic mass is 9.89. The van der Waals surface area contributed by atoms with Crippen molar-refractivity contribution in [3.8, 4) is 23.0 Å². The van der Waals surface area contributed by atoms with Crippen molar-refractivity contribution in [1.82, 2.24) is 0 Å². The van der Waals surface area contributed by atoms with Crippen LogP contribution in [0.2, 0.25) is 0 Å². The predicted molar refractivity (Wildman–Crippen MR) is 168 cm³/mol. The van der Waals surface area contributed by atoms with E-state index in [0.717, 1.165) is 30.0 Å². The molecule has 44 heavy (non-hydrogen) atoms. The van der Waals surface area contributed by atoms with Crippen molar-refractivity contribution in [1.29, 1.82) is 0 Å². The van der Waals surface area contributed by atoms with E-state index >= 15 is 0 Å². The number of aldehydes is 3. The molecule has 1 aliphatic rings. The van der Waals surface area contributed by atoms with Crippen molar-refractivity contribution in [3.63, 3.8) is 0 Å². The first kappa shape index (κ1) is 30.5. The van der Waals surface area contributed by atoms with Gasteiger partial charge in [-0.1, -0.05) is 18.2 Å². The Morgan fingerprint density at radius 2 is 0.818 bits per heavy atom. The number of carbonyl (C=O) groups excluding carboxylic acids is 3. The molecule has 7 heteroatoms. The number of carbonyl (C=O) groups is 3. The first-order chi connectivity index (χ1) is 21.1. The number of phenols is 2. The van der Waals surface area contributed by atoms with E-state index in [1.165, 1.54) is 0 Å². The Balaban J connectivity index is 1.84. The second-order valence-corrected chi connectivity index (χ2v) is 11.8. The van der Waals surface area contributed by atoms with Crippen LogP contribution in [-0.4, -0.2) is 41.3 Å². The van der Waals surface area contributed by atoms with Gasteiger partial charge >= 0.3 is 0 Å². The third kappa shape index (κ3) is 6.37. The molecule has 0 aliphatic heterocycles. The third-order valence-electron chi connectivity index (χ3n) is 7.66. The first-order valence-corrected chi connectivity index (χ1v) is 14.7. The van der Waals surface area contributed by atoms with E-state index in [1.807, 2.05) is 45.9 Å². The molecule has 0 unspecified atom stereocenters. The van der Waals surface area contributed by atoms with Gasteiger partial charge in [0.1, 0.15) is 41.9 Å².